The maximum atomic E-state index is 10.5. The maximum Gasteiger partial charge on any atom is 0.241 e. The quantitative estimate of drug-likeness (QED) is 0.548. The van der Waals surface area contributed by atoms with E-state index < -0.39 is 5.91 Å². The number of carbonyl (C=O) groups is 1. The van der Waals surface area contributed by atoms with Crippen LogP contribution in [-0.2, 0) is 4.79 Å². The van der Waals surface area contributed by atoms with Gasteiger partial charge in [0.15, 0.2) is 0 Å². The third kappa shape index (κ3) is 2.52. The third-order valence-corrected chi connectivity index (χ3v) is 1.69. The van der Waals surface area contributed by atoms with Crippen LogP contribution in [0.3, 0.4) is 0 Å². The van der Waals surface area contributed by atoms with Crippen molar-refractivity contribution in [2.75, 3.05) is 12.8 Å². The Balaban J connectivity index is 2.91. The molecule has 0 aliphatic rings. The fourth-order valence-electron chi connectivity index (χ4n) is 1.03. The minimum atomic E-state index is -0.487. The molecule has 0 fully saturated rings. The number of hydrogen-bond donors (Lipinski definition) is 2. The largest absolute Gasteiger partial charge is 0.495 e. The van der Waals surface area contributed by atoms with Crippen LogP contribution in [0, 0.1) is 0 Å². The van der Waals surface area contributed by atoms with Crippen molar-refractivity contribution in [2.45, 2.75) is 0 Å². The van der Waals surface area contributed by atoms with E-state index in [4.69, 9.17) is 16.2 Å². The summed E-state index contributed by atoms with van der Waals surface area (Å²) in [6, 6.07) is 5.23. The van der Waals surface area contributed by atoms with Crippen molar-refractivity contribution in [3.05, 3.63) is 29.8 Å². The molecular weight excluding hydrogens is 180 g/mol. The van der Waals surface area contributed by atoms with Gasteiger partial charge in [-0.05, 0) is 23.8 Å². The van der Waals surface area contributed by atoms with Crippen LogP contribution in [-0.4, -0.2) is 13.0 Å². The molecule has 1 rings (SSSR count). The highest BCUT2D eigenvalue weighted by molar-refractivity contribution is 5.90. The number of hydrogen-bond acceptors (Lipinski definition) is 3. The summed E-state index contributed by atoms with van der Waals surface area (Å²) >= 11 is 0. The lowest BCUT2D eigenvalue weighted by molar-refractivity contribution is -0.113. The van der Waals surface area contributed by atoms with Crippen LogP contribution in [0.4, 0.5) is 5.69 Å². The number of nitrogen functional groups attached to an aromatic ring is 1. The Bertz CT molecular complexity index is 372. The molecule has 14 heavy (non-hydrogen) atoms. The third-order valence-electron chi connectivity index (χ3n) is 1.69. The Hall–Kier alpha value is -1.97. The second-order valence-electron chi connectivity index (χ2n) is 2.74. The summed E-state index contributed by atoms with van der Waals surface area (Å²) in [6.45, 7) is 0. The molecule has 1 amide bonds. The predicted molar refractivity (Wildman–Crippen MR) is 55.6 cm³/mol. The van der Waals surface area contributed by atoms with Crippen molar-refractivity contribution < 1.29 is 9.53 Å². The highest BCUT2D eigenvalue weighted by atomic mass is 16.5. The van der Waals surface area contributed by atoms with E-state index in [-0.39, 0.29) is 0 Å². The second-order valence-corrected chi connectivity index (χ2v) is 2.74. The van der Waals surface area contributed by atoms with E-state index in [0.717, 1.165) is 5.56 Å². The Morgan fingerprint density at radius 1 is 1.50 bits per heavy atom. The molecule has 1 aromatic rings. The minimum Gasteiger partial charge on any atom is -0.495 e. The van der Waals surface area contributed by atoms with Gasteiger partial charge in [0.1, 0.15) is 5.75 Å². The van der Waals surface area contributed by atoms with E-state index in [1.165, 1.54) is 6.08 Å². The summed E-state index contributed by atoms with van der Waals surface area (Å²) in [5.41, 5.74) is 12.0. The Morgan fingerprint density at radius 2 is 2.21 bits per heavy atom. The van der Waals surface area contributed by atoms with Gasteiger partial charge in [-0.15, -0.1) is 0 Å². The number of ether oxygens (including phenoxy) is 1. The van der Waals surface area contributed by atoms with Crippen molar-refractivity contribution >= 4 is 17.7 Å². The molecule has 1 aromatic carbocycles. The van der Waals surface area contributed by atoms with E-state index in [1.54, 1.807) is 31.4 Å². The molecule has 0 saturated heterocycles. The lowest BCUT2D eigenvalue weighted by atomic mass is 10.2. The Labute approximate surface area is 82.2 Å². The average molecular weight is 192 g/mol. The molecule has 4 nitrogen and oxygen atoms in total. The summed E-state index contributed by atoms with van der Waals surface area (Å²) in [5, 5.41) is 0. The van der Waals surface area contributed by atoms with Crippen LogP contribution in [0.25, 0.3) is 6.08 Å². The Morgan fingerprint density at radius 3 is 2.71 bits per heavy atom. The van der Waals surface area contributed by atoms with Gasteiger partial charge in [-0.1, -0.05) is 6.07 Å². The Kier molecular flexibility index (Phi) is 3.12. The highest BCUT2D eigenvalue weighted by Gasteiger charge is 1.98. The molecule has 74 valence electrons. The maximum absolute atomic E-state index is 10.5. The van der Waals surface area contributed by atoms with Crippen LogP contribution in [0.1, 0.15) is 5.56 Å². The summed E-state index contributed by atoms with van der Waals surface area (Å²) in [5.74, 6) is 0.126. The number of primary amides is 1. The van der Waals surface area contributed by atoms with Crippen LogP contribution < -0.4 is 16.2 Å². The van der Waals surface area contributed by atoms with Crippen molar-refractivity contribution in [3.63, 3.8) is 0 Å². The van der Waals surface area contributed by atoms with Crippen LogP contribution in [0.15, 0.2) is 24.3 Å². The fraction of sp³-hybridized carbons (Fsp3) is 0.100. The van der Waals surface area contributed by atoms with Crippen LogP contribution in [0.2, 0.25) is 0 Å². The van der Waals surface area contributed by atoms with Gasteiger partial charge < -0.3 is 16.2 Å². The van der Waals surface area contributed by atoms with Crippen LogP contribution in [0.5, 0.6) is 5.75 Å². The van der Waals surface area contributed by atoms with Gasteiger partial charge in [0.25, 0.3) is 0 Å². The standard InChI is InChI=1S/C10H12N2O2/c1-14-9-4-2-7(6-8(9)11)3-5-10(12)13/h2-6H,11H2,1H3,(H2,12,13)/b5-3+. The van der Waals surface area contributed by atoms with Gasteiger partial charge in [0, 0.05) is 6.08 Å². The first-order chi connectivity index (χ1) is 6.63. The smallest absolute Gasteiger partial charge is 0.241 e. The van der Waals surface area contributed by atoms with Gasteiger partial charge in [-0.25, -0.2) is 0 Å². The zero-order valence-corrected chi connectivity index (χ0v) is 7.86. The number of anilines is 1. The molecule has 0 unspecified atom stereocenters. The molecule has 0 bridgehead atoms. The first-order valence-corrected chi connectivity index (χ1v) is 4.04. The van der Waals surface area contributed by atoms with E-state index in [2.05, 4.69) is 0 Å². The zero-order chi connectivity index (χ0) is 10.6. The molecule has 0 atom stereocenters. The topological polar surface area (TPSA) is 78.3 Å². The van der Waals surface area contributed by atoms with E-state index >= 15 is 0 Å². The predicted octanol–water partition coefficient (Wildman–Crippen LogP) is 0.776. The highest BCUT2D eigenvalue weighted by Crippen LogP contribution is 2.22. The number of rotatable bonds is 3. The monoisotopic (exact) mass is 192 g/mol. The fourth-order valence-corrected chi connectivity index (χ4v) is 1.03. The van der Waals surface area contributed by atoms with Gasteiger partial charge >= 0.3 is 0 Å². The SMILES string of the molecule is COc1ccc(/C=C/C(N)=O)cc1N. The number of benzene rings is 1. The van der Waals surface area contributed by atoms with E-state index in [9.17, 15) is 4.79 Å². The second kappa shape index (κ2) is 4.32. The van der Waals surface area contributed by atoms with Crippen molar-refractivity contribution in [1.82, 2.24) is 0 Å². The number of amides is 1. The van der Waals surface area contributed by atoms with Gasteiger partial charge in [-0.3, -0.25) is 4.79 Å². The molecule has 0 aliphatic carbocycles. The molecule has 0 heterocycles. The summed E-state index contributed by atoms with van der Waals surface area (Å²) in [6.07, 6.45) is 2.87. The minimum absolute atomic E-state index is 0.487. The van der Waals surface area contributed by atoms with Crippen molar-refractivity contribution in [1.29, 1.82) is 0 Å². The molecule has 0 spiro atoms. The van der Waals surface area contributed by atoms with E-state index in [0.29, 0.717) is 11.4 Å². The summed E-state index contributed by atoms with van der Waals surface area (Å²) in [7, 11) is 1.55. The van der Waals surface area contributed by atoms with Gasteiger partial charge in [0.2, 0.25) is 5.91 Å². The van der Waals surface area contributed by atoms with Gasteiger partial charge in [0.05, 0.1) is 12.8 Å². The summed E-state index contributed by atoms with van der Waals surface area (Å²) < 4.78 is 4.98. The lowest BCUT2D eigenvalue weighted by Gasteiger charge is -2.04. The van der Waals surface area contributed by atoms with Crippen LogP contribution >= 0.6 is 0 Å². The first-order valence-electron chi connectivity index (χ1n) is 4.04. The van der Waals surface area contributed by atoms with E-state index in [1.807, 2.05) is 0 Å². The molecule has 4 heteroatoms. The van der Waals surface area contributed by atoms with Crippen molar-refractivity contribution in [3.8, 4) is 5.75 Å². The molecule has 0 aliphatic heterocycles. The summed E-state index contributed by atoms with van der Waals surface area (Å²) in [4.78, 5) is 10.5. The first kappa shape index (κ1) is 10.1. The average Bonchev–Trinajstić information content (AvgIpc) is 2.15. The molecular formula is C10H12N2O2. The molecule has 0 saturated carbocycles. The normalized spacial score (nSPS) is 10.4. The molecule has 0 radical (unpaired) electrons. The van der Waals surface area contributed by atoms with Gasteiger partial charge in [-0.2, -0.15) is 0 Å². The van der Waals surface area contributed by atoms with Crippen molar-refractivity contribution in [2.24, 2.45) is 5.73 Å². The number of methoxy groups -OCH3 is 1. The number of nitrogens with two attached hydrogens (primary N) is 2. The lowest BCUT2D eigenvalue weighted by Crippen LogP contribution is -2.05. The molecule has 4 N–H and O–H groups in total. The number of carbonyl (C=O) groups excluding carboxylic acids is 1. The molecule has 0 aromatic heterocycles. The zero-order valence-electron chi connectivity index (χ0n) is 7.86.